The number of anilines is 1. The zero-order valence-corrected chi connectivity index (χ0v) is 19.4. The number of carbonyl (C=O) groups excluding carboxylic acids is 2. The number of fused-ring (bicyclic) bond motifs is 4. The molecule has 2 aromatic heterocycles. The number of rotatable bonds is 3. The first-order chi connectivity index (χ1) is 15.2. The number of aromatic nitrogens is 3. The average molecular weight is 454 g/mol. The molecule has 3 aliphatic heterocycles. The summed E-state index contributed by atoms with van der Waals surface area (Å²) in [4.78, 5) is 31.2. The summed E-state index contributed by atoms with van der Waals surface area (Å²) in [7, 11) is 0. The summed E-state index contributed by atoms with van der Waals surface area (Å²) in [5.41, 5.74) is 3.23. The molecule has 5 fully saturated rings. The van der Waals surface area contributed by atoms with E-state index < -0.39 is 0 Å². The van der Waals surface area contributed by atoms with Crippen molar-refractivity contribution in [1.29, 1.82) is 0 Å². The SMILES string of the molecule is CC(=O)N1C[C@@H]2C3[C@@H](C(=O)Nc4cc(-c5cnn6c5CC(C)(C)C6)c(Cl)cn4)C[C@@H]2[C@H]3C1. The predicted octanol–water partition coefficient (Wildman–Crippen LogP) is 3.48. The first kappa shape index (κ1) is 20.2. The normalized spacial score (nSPS) is 31.2. The minimum Gasteiger partial charge on any atom is -0.342 e. The van der Waals surface area contributed by atoms with E-state index >= 15 is 0 Å². The number of halogens is 1. The smallest absolute Gasteiger partial charge is 0.228 e. The van der Waals surface area contributed by atoms with Crippen molar-refractivity contribution in [2.45, 2.75) is 40.2 Å². The van der Waals surface area contributed by atoms with E-state index in [9.17, 15) is 9.59 Å². The fraction of sp³-hybridized carbons (Fsp3) is 0.583. The van der Waals surface area contributed by atoms with Gasteiger partial charge in [-0.3, -0.25) is 14.3 Å². The van der Waals surface area contributed by atoms with Gasteiger partial charge in [-0.05, 0) is 48.0 Å². The van der Waals surface area contributed by atoms with Gasteiger partial charge in [-0.1, -0.05) is 25.4 Å². The summed E-state index contributed by atoms with van der Waals surface area (Å²) >= 11 is 6.51. The molecule has 0 spiro atoms. The molecule has 0 radical (unpaired) electrons. The molecule has 1 unspecified atom stereocenters. The fourth-order valence-electron chi connectivity index (χ4n) is 6.90. The average Bonchev–Trinajstić information content (AvgIpc) is 3.48. The molecule has 2 saturated heterocycles. The van der Waals surface area contributed by atoms with E-state index in [1.807, 2.05) is 17.2 Å². The van der Waals surface area contributed by atoms with Crippen molar-refractivity contribution in [2.75, 3.05) is 18.4 Å². The molecule has 168 valence electrons. The Morgan fingerprint density at radius 2 is 1.91 bits per heavy atom. The molecule has 2 amide bonds. The highest BCUT2D eigenvalue weighted by molar-refractivity contribution is 6.33. The third-order valence-corrected chi connectivity index (χ3v) is 8.59. The number of nitrogens with one attached hydrogen (secondary N) is 1. The first-order valence-electron chi connectivity index (χ1n) is 11.5. The van der Waals surface area contributed by atoms with E-state index in [1.54, 1.807) is 13.1 Å². The Bertz CT molecular complexity index is 1130. The molecule has 5 heterocycles. The van der Waals surface area contributed by atoms with Crippen molar-refractivity contribution in [3.8, 4) is 11.1 Å². The van der Waals surface area contributed by atoms with Gasteiger partial charge in [0.2, 0.25) is 11.8 Å². The fourth-order valence-corrected chi connectivity index (χ4v) is 7.10. The second kappa shape index (κ2) is 6.80. The molecule has 8 rings (SSSR count). The van der Waals surface area contributed by atoms with E-state index in [1.165, 1.54) is 5.69 Å². The maximum Gasteiger partial charge on any atom is 0.228 e. The Kier molecular flexibility index (Phi) is 4.29. The quantitative estimate of drug-likeness (QED) is 0.771. The van der Waals surface area contributed by atoms with E-state index in [2.05, 4.69) is 33.9 Å². The summed E-state index contributed by atoms with van der Waals surface area (Å²) in [6.45, 7) is 8.61. The molecule has 5 atom stereocenters. The zero-order chi connectivity index (χ0) is 22.4. The number of hydrogen-bond acceptors (Lipinski definition) is 4. The van der Waals surface area contributed by atoms with Crippen LogP contribution in [0, 0.1) is 35.0 Å². The monoisotopic (exact) mass is 453 g/mol. The highest BCUT2D eigenvalue weighted by atomic mass is 35.5. The third-order valence-electron chi connectivity index (χ3n) is 8.29. The number of amides is 2. The lowest BCUT2D eigenvalue weighted by Crippen LogP contribution is -2.59. The maximum absolute atomic E-state index is 13.2. The van der Waals surface area contributed by atoms with Crippen molar-refractivity contribution in [3.05, 3.63) is 29.2 Å². The number of piperidine rings is 2. The number of hydrogen-bond donors (Lipinski definition) is 1. The van der Waals surface area contributed by atoms with Gasteiger partial charge in [-0.2, -0.15) is 5.10 Å². The second-order valence-corrected chi connectivity index (χ2v) is 11.3. The van der Waals surface area contributed by atoms with E-state index in [0.717, 1.165) is 43.6 Å². The Morgan fingerprint density at radius 3 is 2.62 bits per heavy atom. The molecule has 1 N–H and O–H groups in total. The van der Waals surface area contributed by atoms with Crippen molar-refractivity contribution in [2.24, 2.45) is 35.0 Å². The summed E-state index contributed by atoms with van der Waals surface area (Å²) in [5.74, 6) is 2.65. The summed E-state index contributed by atoms with van der Waals surface area (Å²) in [5, 5.41) is 8.17. The standard InChI is InChI=1S/C24H28ClN5O2/c1-12(31)29-9-17-13-4-15(22(17)18(13)10-29)23(32)28-21-5-14(19(25)8-26-21)16-7-27-30-11-24(2,3)6-20(16)30/h5,7-8,13,15,17-18,22H,4,6,9-11H2,1-3H3,(H,26,28,32)/t13-,15-,17-,18+,22?/m0/s1. The lowest BCUT2D eigenvalue weighted by atomic mass is 9.59. The molecule has 4 bridgehead atoms. The second-order valence-electron chi connectivity index (χ2n) is 10.9. The molecule has 0 aromatic carbocycles. The van der Waals surface area contributed by atoms with E-state index in [0.29, 0.717) is 34.5 Å². The topological polar surface area (TPSA) is 80.1 Å². The van der Waals surface area contributed by atoms with Gasteiger partial charge in [-0.25, -0.2) is 4.98 Å². The first-order valence-corrected chi connectivity index (χ1v) is 11.9. The van der Waals surface area contributed by atoms with Crippen LogP contribution in [0.3, 0.4) is 0 Å². The van der Waals surface area contributed by atoms with Crippen LogP contribution in [0.25, 0.3) is 11.1 Å². The molecule has 3 aliphatic carbocycles. The Morgan fingerprint density at radius 1 is 1.16 bits per heavy atom. The minimum absolute atomic E-state index is 0.00577. The largest absolute Gasteiger partial charge is 0.342 e. The number of pyridine rings is 1. The number of nitrogens with zero attached hydrogens (tertiary/aromatic N) is 4. The third kappa shape index (κ3) is 2.93. The van der Waals surface area contributed by atoms with E-state index in [-0.39, 0.29) is 23.1 Å². The van der Waals surface area contributed by atoms with Gasteiger partial charge in [0.25, 0.3) is 0 Å². The van der Waals surface area contributed by atoms with Crippen LogP contribution < -0.4 is 5.32 Å². The molecule has 32 heavy (non-hydrogen) atoms. The summed E-state index contributed by atoms with van der Waals surface area (Å²) < 4.78 is 2.05. The predicted molar refractivity (Wildman–Crippen MR) is 121 cm³/mol. The molecular formula is C24H28ClN5O2. The Labute approximate surface area is 192 Å². The highest BCUT2D eigenvalue weighted by Crippen LogP contribution is 2.63. The molecule has 7 nitrogen and oxygen atoms in total. The van der Waals surface area contributed by atoms with Gasteiger partial charge < -0.3 is 10.2 Å². The molecule has 2 aromatic rings. The minimum atomic E-state index is 0.00577. The lowest BCUT2D eigenvalue weighted by molar-refractivity contribution is -0.143. The van der Waals surface area contributed by atoms with Gasteiger partial charge in [0.05, 0.1) is 11.2 Å². The van der Waals surface area contributed by atoms with Crippen LogP contribution in [0.4, 0.5) is 5.82 Å². The van der Waals surface area contributed by atoms with Gasteiger partial charge in [0.1, 0.15) is 5.82 Å². The molecule has 3 saturated carbocycles. The van der Waals surface area contributed by atoms with Crippen molar-refractivity contribution in [1.82, 2.24) is 19.7 Å². The van der Waals surface area contributed by atoms with Crippen LogP contribution in [0.1, 0.15) is 32.9 Å². The molecule has 8 heteroatoms. The van der Waals surface area contributed by atoms with Crippen LogP contribution in [-0.2, 0) is 22.6 Å². The molecule has 6 aliphatic rings. The van der Waals surface area contributed by atoms with Crippen LogP contribution in [0.15, 0.2) is 18.5 Å². The Hall–Kier alpha value is -2.41. The van der Waals surface area contributed by atoms with Crippen LogP contribution in [0.2, 0.25) is 5.02 Å². The van der Waals surface area contributed by atoms with Crippen molar-refractivity contribution < 1.29 is 9.59 Å². The molecular weight excluding hydrogens is 426 g/mol. The van der Waals surface area contributed by atoms with Gasteiger partial charge in [0.15, 0.2) is 0 Å². The Balaban J connectivity index is 1.20. The van der Waals surface area contributed by atoms with Gasteiger partial charge in [0, 0.05) is 55.5 Å². The zero-order valence-electron chi connectivity index (χ0n) is 18.6. The lowest BCUT2D eigenvalue weighted by Gasteiger charge is -2.54. The van der Waals surface area contributed by atoms with Gasteiger partial charge >= 0.3 is 0 Å². The van der Waals surface area contributed by atoms with E-state index in [4.69, 9.17) is 11.6 Å². The highest BCUT2D eigenvalue weighted by Gasteiger charge is 2.64. The summed E-state index contributed by atoms with van der Waals surface area (Å²) in [6, 6.07) is 1.88. The van der Waals surface area contributed by atoms with Crippen molar-refractivity contribution in [3.63, 3.8) is 0 Å². The van der Waals surface area contributed by atoms with Crippen LogP contribution >= 0.6 is 11.6 Å². The van der Waals surface area contributed by atoms with Crippen LogP contribution in [0.5, 0.6) is 0 Å². The van der Waals surface area contributed by atoms with Crippen molar-refractivity contribution >= 4 is 29.2 Å². The van der Waals surface area contributed by atoms with Gasteiger partial charge in [-0.15, -0.1) is 0 Å². The summed E-state index contributed by atoms with van der Waals surface area (Å²) in [6.07, 6.45) is 5.34. The van der Waals surface area contributed by atoms with Crippen LogP contribution in [-0.4, -0.2) is 44.6 Å². The number of carbonyl (C=O) groups is 2. The maximum atomic E-state index is 13.2.